The first-order valence-electron chi connectivity index (χ1n) is 5.13. The van der Waals surface area contributed by atoms with Crippen molar-refractivity contribution in [3.8, 4) is 0 Å². The normalized spacial score (nSPS) is 10.5. The minimum atomic E-state index is -0.327. The Morgan fingerprint density at radius 1 is 1.56 bits per heavy atom. The molecule has 0 bridgehead atoms. The van der Waals surface area contributed by atoms with E-state index >= 15 is 0 Å². The molecule has 88 valence electrons. The SMILES string of the molecule is CC(C)N(CCN)C(=O)c1ccc(=O)[nH]n1. The number of rotatable bonds is 4. The van der Waals surface area contributed by atoms with Crippen LogP contribution in [0.15, 0.2) is 16.9 Å². The van der Waals surface area contributed by atoms with E-state index in [0.717, 1.165) is 0 Å². The molecule has 0 aliphatic rings. The highest BCUT2D eigenvalue weighted by molar-refractivity contribution is 5.92. The van der Waals surface area contributed by atoms with E-state index in [1.807, 2.05) is 13.8 Å². The summed E-state index contributed by atoms with van der Waals surface area (Å²) in [6.07, 6.45) is 0. The largest absolute Gasteiger partial charge is 0.334 e. The van der Waals surface area contributed by atoms with Gasteiger partial charge in [-0.2, -0.15) is 5.10 Å². The Hall–Kier alpha value is -1.69. The van der Waals surface area contributed by atoms with Crippen LogP contribution in [-0.2, 0) is 0 Å². The molecular weight excluding hydrogens is 208 g/mol. The number of H-pyrrole nitrogens is 1. The van der Waals surface area contributed by atoms with Gasteiger partial charge in [-0.05, 0) is 19.9 Å². The van der Waals surface area contributed by atoms with Gasteiger partial charge < -0.3 is 10.6 Å². The Kier molecular flexibility index (Phi) is 4.19. The molecule has 0 aromatic carbocycles. The third-order valence-electron chi connectivity index (χ3n) is 2.15. The zero-order valence-electron chi connectivity index (χ0n) is 9.43. The van der Waals surface area contributed by atoms with Gasteiger partial charge in [-0.25, -0.2) is 5.10 Å². The second kappa shape index (κ2) is 5.41. The first-order valence-corrected chi connectivity index (χ1v) is 5.13. The van der Waals surface area contributed by atoms with Gasteiger partial charge in [-0.3, -0.25) is 9.59 Å². The summed E-state index contributed by atoms with van der Waals surface area (Å²) in [5, 5.41) is 5.93. The fraction of sp³-hybridized carbons (Fsp3) is 0.500. The standard InChI is InChI=1S/C10H16N4O2/c1-7(2)14(6-5-11)10(16)8-3-4-9(15)13-12-8/h3-4,7H,5-6,11H2,1-2H3,(H,13,15). The summed E-state index contributed by atoms with van der Waals surface area (Å²) >= 11 is 0. The molecule has 3 N–H and O–H groups in total. The quantitative estimate of drug-likeness (QED) is 0.726. The first kappa shape index (κ1) is 12.4. The molecular formula is C10H16N4O2. The summed E-state index contributed by atoms with van der Waals surface area (Å²) in [4.78, 5) is 24.4. The monoisotopic (exact) mass is 224 g/mol. The molecule has 0 unspecified atom stereocenters. The lowest BCUT2D eigenvalue weighted by atomic mass is 10.2. The van der Waals surface area contributed by atoms with Crippen molar-refractivity contribution in [1.29, 1.82) is 0 Å². The molecule has 0 aliphatic heterocycles. The van der Waals surface area contributed by atoms with Crippen molar-refractivity contribution in [3.63, 3.8) is 0 Å². The topological polar surface area (TPSA) is 92.1 Å². The number of carbonyl (C=O) groups is 1. The second-order valence-electron chi connectivity index (χ2n) is 3.69. The fourth-order valence-electron chi connectivity index (χ4n) is 1.34. The summed E-state index contributed by atoms with van der Waals surface area (Å²) in [5.74, 6) is -0.225. The molecule has 0 radical (unpaired) electrons. The van der Waals surface area contributed by atoms with Crippen molar-refractivity contribution in [2.45, 2.75) is 19.9 Å². The van der Waals surface area contributed by atoms with Crippen LogP contribution in [0.1, 0.15) is 24.3 Å². The number of hydrogen-bond acceptors (Lipinski definition) is 4. The van der Waals surface area contributed by atoms with Crippen molar-refractivity contribution >= 4 is 5.91 Å². The molecule has 0 spiro atoms. The lowest BCUT2D eigenvalue weighted by Crippen LogP contribution is -2.41. The van der Waals surface area contributed by atoms with Crippen molar-refractivity contribution in [3.05, 3.63) is 28.2 Å². The maximum atomic E-state index is 12.0. The van der Waals surface area contributed by atoms with Crippen molar-refractivity contribution < 1.29 is 4.79 Å². The molecule has 6 heteroatoms. The number of aromatic nitrogens is 2. The van der Waals surface area contributed by atoms with E-state index in [1.54, 1.807) is 4.90 Å². The summed E-state index contributed by atoms with van der Waals surface area (Å²) in [6.45, 7) is 4.67. The van der Waals surface area contributed by atoms with Crippen LogP contribution in [0.4, 0.5) is 0 Å². The number of amides is 1. The number of aromatic amines is 1. The average Bonchev–Trinajstić information content (AvgIpc) is 2.25. The molecule has 16 heavy (non-hydrogen) atoms. The molecule has 0 atom stereocenters. The van der Waals surface area contributed by atoms with Gasteiger partial charge in [0.05, 0.1) is 0 Å². The van der Waals surface area contributed by atoms with E-state index in [0.29, 0.717) is 13.1 Å². The molecule has 6 nitrogen and oxygen atoms in total. The van der Waals surface area contributed by atoms with E-state index < -0.39 is 0 Å². The summed E-state index contributed by atoms with van der Waals surface area (Å²) < 4.78 is 0. The molecule has 0 aliphatic carbocycles. The van der Waals surface area contributed by atoms with Crippen LogP contribution in [0.5, 0.6) is 0 Å². The van der Waals surface area contributed by atoms with Crippen LogP contribution >= 0.6 is 0 Å². The smallest absolute Gasteiger partial charge is 0.274 e. The van der Waals surface area contributed by atoms with Crippen LogP contribution in [0.25, 0.3) is 0 Å². The van der Waals surface area contributed by atoms with Crippen LogP contribution in [0, 0.1) is 0 Å². The van der Waals surface area contributed by atoms with E-state index in [1.165, 1.54) is 12.1 Å². The molecule has 1 rings (SSSR count). The van der Waals surface area contributed by atoms with Gasteiger partial charge in [0.25, 0.3) is 11.5 Å². The molecule has 0 fully saturated rings. The van der Waals surface area contributed by atoms with Gasteiger partial charge in [-0.15, -0.1) is 0 Å². The van der Waals surface area contributed by atoms with Crippen molar-refractivity contribution in [1.82, 2.24) is 15.1 Å². The lowest BCUT2D eigenvalue weighted by Gasteiger charge is -2.25. The number of nitrogens with one attached hydrogen (secondary N) is 1. The lowest BCUT2D eigenvalue weighted by molar-refractivity contribution is 0.0704. The minimum Gasteiger partial charge on any atom is -0.334 e. The molecule has 1 aromatic rings. The van der Waals surface area contributed by atoms with Crippen molar-refractivity contribution in [2.75, 3.05) is 13.1 Å². The molecule has 1 aromatic heterocycles. The average molecular weight is 224 g/mol. The third-order valence-corrected chi connectivity index (χ3v) is 2.15. The third kappa shape index (κ3) is 2.90. The summed E-state index contributed by atoms with van der Waals surface area (Å²) in [5.41, 5.74) is 5.33. The highest BCUT2D eigenvalue weighted by atomic mass is 16.2. The van der Waals surface area contributed by atoms with Gasteiger partial charge in [0.2, 0.25) is 0 Å². The maximum Gasteiger partial charge on any atom is 0.274 e. The highest BCUT2D eigenvalue weighted by Crippen LogP contribution is 2.03. The Balaban J connectivity index is 2.90. The van der Waals surface area contributed by atoms with Crippen LogP contribution < -0.4 is 11.3 Å². The molecule has 0 saturated heterocycles. The summed E-state index contributed by atoms with van der Waals surface area (Å²) in [6, 6.07) is 2.73. The highest BCUT2D eigenvalue weighted by Gasteiger charge is 2.18. The zero-order chi connectivity index (χ0) is 12.1. The predicted molar refractivity (Wildman–Crippen MR) is 60.1 cm³/mol. The fourth-order valence-corrected chi connectivity index (χ4v) is 1.34. The zero-order valence-corrected chi connectivity index (χ0v) is 9.43. The van der Waals surface area contributed by atoms with Crippen molar-refractivity contribution in [2.24, 2.45) is 5.73 Å². The van der Waals surface area contributed by atoms with Gasteiger partial charge in [-0.1, -0.05) is 0 Å². The predicted octanol–water partition coefficient (Wildman–Crippen LogP) is -0.421. The molecule has 1 amide bonds. The summed E-state index contributed by atoms with van der Waals surface area (Å²) in [7, 11) is 0. The Bertz CT molecular complexity index is 393. The van der Waals surface area contributed by atoms with Crippen LogP contribution in [0.3, 0.4) is 0 Å². The Morgan fingerprint density at radius 2 is 2.25 bits per heavy atom. The first-order chi connectivity index (χ1) is 7.56. The second-order valence-corrected chi connectivity index (χ2v) is 3.69. The maximum absolute atomic E-state index is 12.0. The van der Waals surface area contributed by atoms with Gasteiger partial charge in [0.15, 0.2) is 0 Å². The van der Waals surface area contributed by atoms with E-state index in [-0.39, 0.29) is 23.2 Å². The number of carbonyl (C=O) groups excluding carboxylic acids is 1. The van der Waals surface area contributed by atoms with Crippen LogP contribution in [-0.4, -0.2) is 40.1 Å². The molecule has 1 heterocycles. The van der Waals surface area contributed by atoms with Gasteiger partial charge in [0.1, 0.15) is 5.69 Å². The number of nitrogens with two attached hydrogens (primary N) is 1. The van der Waals surface area contributed by atoms with Gasteiger partial charge >= 0.3 is 0 Å². The molecule has 0 saturated carbocycles. The number of nitrogens with zero attached hydrogens (tertiary/aromatic N) is 2. The minimum absolute atomic E-state index is 0.0461. The van der Waals surface area contributed by atoms with Gasteiger partial charge in [0, 0.05) is 25.2 Å². The van der Waals surface area contributed by atoms with Crippen LogP contribution in [0.2, 0.25) is 0 Å². The van der Waals surface area contributed by atoms with E-state index in [4.69, 9.17) is 5.73 Å². The van der Waals surface area contributed by atoms with E-state index in [9.17, 15) is 9.59 Å². The van der Waals surface area contributed by atoms with E-state index in [2.05, 4.69) is 10.2 Å². The Morgan fingerprint density at radius 3 is 2.69 bits per heavy atom. The Labute approximate surface area is 93.5 Å². The number of hydrogen-bond donors (Lipinski definition) is 2.